The van der Waals surface area contributed by atoms with Crippen LogP contribution in [0.4, 0.5) is 0 Å². The quantitative estimate of drug-likeness (QED) is 0.0370. The van der Waals surface area contributed by atoms with Crippen molar-refractivity contribution in [3.05, 3.63) is 59.7 Å². The van der Waals surface area contributed by atoms with Crippen molar-refractivity contribution < 1.29 is 25.9 Å². The third kappa shape index (κ3) is 62.4. The Bertz CT molecular complexity index is 1820. The molecule has 0 amide bonds. The van der Waals surface area contributed by atoms with Gasteiger partial charge in [0.25, 0.3) is 0 Å². The number of hydrogen-bond donors (Lipinski definition) is 0. The van der Waals surface area contributed by atoms with Gasteiger partial charge in [-0.05, 0) is 48.9 Å². The normalized spacial score (nSPS) is 11.7. The van der Waals surface area contributed by atoms with Gasteiger partial charge in [-0.3, -0.25) is 0 Å². The largest absolute Gasteiger partial charge is 2.00 e. The summed E-state index contributed by atoms with van der Waals surface area (Å²) in [5.41, 5.74) is 1.35. The van der Waals surface area contributed by atoms with Gasteiger partial charge in [0.1, 0.15) is 20.2 Å². The van der Waals surface area contributed by atoms with Crippen LogP contribution in [0, 0.1) is 0 Å². The minimum Gasteiger partial charge on any atom is -0.744 e. The van der Waals surface area contributed by atoms with E-state index in [0.29, 0.717) is 24.0 Å². The maximum Gasteiger partial charge on any atom is 2.00 e. The fraction of sp³-hybridized carbons (Fsp3) is 0.850. The Hall–Kier alpha value is -0.169. The van der Waals surface area contributed by atoms with Gasteiger partial charge in [-0.2, -0.15) is 0 Å². The minimum atomic E-state index is -4.37. The van der Waals surface area contributed by atoms with E-state index in [1.807, 2.05) is 12.1 Å². The topological polar surface area (TPSA) is 114 Å². The van der Waals surface area contributed by atoms with Crippen LogP contribution >= 0.6 is 0 Å². The average Bonchev–Trinajstić information content (AvgIpc) is 1.90. The zero-order valence-corrected chi connectivity index (χ0v) is 65.3. The molecule has 0 unspecified atom stereocenters. The molecule has 89 heavy (non-hydrogen) atoms. The third-order valence-corrected chi connectivity index (χ3v) is 21.0. The number of unbranched alkanes of at least 4 members (excludes halogenated alkanes) is 62. The van der Waals surface area contributed by atoms with Crippen molar-refractivity contribution in [1.29, 1.82) is 0 Å². The van der Waals surface area contributed by atoms with Gasteiger partial charge in [-0.25, -0.2) is 16.8 Å². The summed E-state index contributed by atoms with van der Waals surface area (Å²) < 4.78 is 68.2. The first kappa shape index (κ1) is 88.8. The Morgan fingerprint density at radius 1 is 0.213 bits per heavy atom. The molecule has 0 bridgehead atoms. The second-order valence-electron chi connectivity index (χ2n) is 27.5. The Morgan fingerprint density at radius 3 is 0.472 bits per heavy atom. The average molecular weight is 1410 g/mol. The first-order valence-corrected chi connectivity index (χ1v) is 42.0. The molecule has 0 fully saturated rings. The molecule has 2 rings (SSSR count). The van der Waals surface area contributed by atoms with Gasteiger partial charge in [-0.15, -0.1) is 0 Å². The molecule has 0 aliphatic rings. The molecule has 0 N–H and O–H groups in total. The molecule has 0 aromatic heterocycles. The monoisotopic (exact) mass is 1400 g/mol. The maximum atomic E-state index is 11.4. The van der Waals surface area contributed by atoms with Crippen LogP contribution in [0.1, 0.15) is 436 Å². The fourth-order valence-corrected chi connectivity index (χ4v) is 14.8. The molecular weight excluding hydrogens is 1260 g/mol. The molecular formula is C80H146BaO6S2. The van der Waals surface area contributed by atoms with Gasteiger partial charge in [0.15, 0.2) is 0 Å². The van der Waals surface area contributed by atoms with Crippen LogP contribution in [0.5, 0.6) is 0 Å². The number of rotatable bonds is 68. The summed E-state index contributed by atoms with van der Waals surface area (Å²) in [5, 5.41) is 0. The minimum absolute atomic E-state index is 0. The summed E-state index contributed by atoms with van der Waals surface area (Å²) in [7, 11) is -8.73. The zero-order valence-electron chi connectivity index (χ0n) is 59.3. The van der Waals surface area contributed by atoms with Crippen LogP contribution in [0.3, 0.4) is 0 Å². The second-order valence-corrected chi connectivity index (χ2v) is 30.2. The van der Waals surface area contributed by atoms with Crippen LogP contribution in [0.2, 0.25) is 0 Å². The summed E-state index contributed by atoms with van der Waals surface area (Å²) in [6.07, 6.45) is 90.9. The van der Waals surface area contributed by atoms with Crippen molar-refractivity contribution in [3.63, 3.8) is 0 Å². The van der Waals surface area contributed by atoms with Gasteiger partial charge < -0.3 is 9.11 Å². The van der Waals surface area contributed by atoms with Crippen molar-refractivity contribution in [2.45, 2.75) is 447 Å². The molecule has 516 valence electrons. The molecule has 0 saturated heterocycles. The van der Waals surface area contributed by atoms with Crippen LogP contribution in [0.25, 0.3) is 0 Å². The summed E-state index contributed by atoms with van der Waals surface area (Å²) in [6.45, 7) is 4.60. The SMILES string of the molecule is CCCCCCCCCCCCCCCCCCCCCCCCCCCCCCCCCCc1ccccc1S(=O)(=O)[O-].CCCCCCCCCCCCCCCCCCCCCCCCCCCCCCCCCCc1ccccc1S(=O)(=O)[O-].[Ba+2]. The summed E-state index contributed by atoms with van der Waals surface area (Å²) in [6, 6.07) is 13.3. The van der Waals surface area contributed by atoms with E-state index in [4.69, 9.17) is 0 Å². The van der Waals surface area contributed by atoms with E-state index in [9.17, 15) is 25.9 Å². The van der Waals surface area contributed by atoms with Crippen molar-refractivity contribution >= 4 is 69.1 Å². The molecule has 6 nitrogen and oxygen atoms in total. The summed E-state index contributed by atoms with van der Waals surface area (Å²) in [4.78, 5) is -0.0820. The number of benzene rings is 2. The van der Waals surface area contributed by atoms with E-state index in [2.05, 4.69) is 13.8 Å². The van der Waals surface area contributed by atoms with Crippen LogP contribution in [0.15, 0.2) is 58.3 Å². The molecule has 0 heterocycles. The molecule has 2 aromatic carbocycles. The summed E-state index contributed by atoms with van der Waals surface area (Å²) >= 11 is 0. The Balaban J connectivity index is 0.00000172. The standard InChI is InChI=1S/2C40H74O3S.Ba/c2*1-2-3-4-5-6-7-8-9-10-11-12-13-14-15-16-17-18-19-20-21-22-23-24-25-26-27-28-29-30-31-32-33-36-39-37-34-35-38-40(39)44(41,42)43;/h2*34-35,37-38H,2-33,36H2,1H3,(H,41,42,43);/q;;+2/p-2. The van der Waals surface area contributed by atoms with E-state index in [1.54, 1.807) is 24.3 Å². The van der Waals surface area contributed by atoms with Crippen molar-refractivity contribution in [2.75, 3.05) is 0 Å². The zero-order chi connectivity index (χ0) is 63.6. The van der Waals surface area contributed by atoms with Gasteiger partial charge >= 0.3 is 48.9 Å². The second kappa shape index (κ2) is 69.2. The fourth-order valence-electron chi connectivity index (χ4n) is 13.3. The van der Waals surface area contributed by atoms with E-state index in [0.717, 1.165) is 25.7 Å². The molecule has 0 aliphatic heterocycles. The molecule has 0 radical (unpaired) electrons. The predicted octanol–water partition coefficient (Wildman–Crippen LogP) is 26.9. The van der Waals surface area contributed by atoms with Crippen LogP contribution in [-0.4, -0.2) is 74.8 Å². The summed E-state index contributed by atoms with van der Waals surface area (Å²) in [5.74, 6) is 0. The molecule has 0 saturated carbocycles. The van der Waals surface area contributed by atoms with Crippen molar-refractivity contribution in [2.24, 2.45) is 0 Å². The van der Waals surface area contributed by atoms with Gasteiger partial charge in [0.05, 0.1) is 9.79 Å². The maximum absolute atomic E-state index is 11.4. The van der Waals surface area contributed by atoms with Crippen molar-refractivity contribution in [1.82, 2.24) is 0 Å². The molecule has 0 spiro atoms. The van der Waals surface area contributed by atoms with E-state index >= 15 is 0 Å². The third-order valence-electron chi connectivity index (χ3n) is 19.1. The Kier molecular flexibility index (Phi) is 69.1. The van der Waals surface area contributed by atoms with Crippen LogP contribution in [-0.2, 0) is 33.1 Å². The predicted molar refractivity (Wildman–Crippen MR) is 389 cm³/mol. The molecule has 0 aliphatic carbocycles. The van der Waals surface area contributed by atoms with Gasteiger partial charge in [0.2, 0.25) is 0 Å². The number of hydrogen-bond acceptors (Lipinski definition) is 6. The first-order valence-electron chi connectivity index (χ1n) is 39.2. The van der Waals surface area contributed by atoms with E-state index < -0.39 is 20.2 Å². The number of aryl methyl sites for hydroxylation is 2. The van der Waals surface area contributed by atoms with Gasteiger partial charge in [0, 0.05) is 0 Å². The van der Waals surface area contributed by atoms with Crippen molar-refractivity contribution in [3.8, 4) is 0 Å². The van der Waals surface area contributed by atoms with Gasteiger partial charge in [-0.1, -0.05) is 448 Å². The first-order chi connectivity index (χ1) is 43.1. The Labute approximate surface area is 596 Å². The smallest absolute Gasteiger partial charge is 0.744 e. The van der Waals surface area contributed by atoms with E-state index in [1.165, 1.54) is 397 Å². The van der Waals surface area contributed by atoms with E-state index in [-0.39, 0.29) is 58.7 Å². The molecule has 9 heteroatoms. The van der Waals surface area contributed by atoms with Crippen LogP contribution < -0.4 is 0 Å². The Morgan fingerprint density at radius 2 is 0.337 bits per heavy atom. The molecule has 2 aromatic rings. The molecule has 0 atom stereocenters.